The van der Waals surface area contributed by atoms with Gasteiger partial charge in [0.1, 0.15) is 23.8 Å². The van der Waals surface area contributed by atoms with Crippen molar-refractivity contribution in [2.45, 2.75) is 25.8 Å². The summed E-state index contributed by atoms with van der Waals surface area (Å²) in [6, 6.07) is 2.41. The van der Waals surface area contributed by atoms with E-state index in [0.29, 0.717) is 23.3 Å². The number of aromatic nitrogens is 2. The van der Waals surface area contributed by atoms with E-state index in [1.807, 2.05) is 0 Å². The lowest BCUT2D eigenvalue weighted by Crippen LogP contribution is -2.39. The minimum atomic E-state index is 0.310. The van der Waals surface area contributed by atoms with Crippen LogP contribution in [0.3, 0.4) is 0 Å². The molecule has 2 atom stereocenters. The number of nitriles is 1. The second-order valence-corrected chi connectivity index (χ2v) is 4.44. The molecule has 1 aliphatic heterocycles. The maximum absolute atomic E-state index is 8.96. The van der Waals surface area contributed by atoms with Crippen LogP contribution in [0.25, 0.3) is 0 Å². The van der Waals surface area contributed by atoms with E-state index < -0.39 is 0 Å². The van der Waals surface area contributed by atoms with Gasteiger partial charge < -0.3 is 10.6 Å². The van der Waals surface area contributed by atoms with Crippen molar-refractivity contribution < 1.29 is 0 Å². The summed E-state index contributed by atoms with van der Waals surface area (Å²) in [4.78, 5) is 7.97. The summed E-state index contributed by atoms with van der Waals surface area (Å²) >= 11 is 0. The van der Waals surface area contributed by atoms with E-state index in [4.69, 9.17) is 5.26 Å². The van der Waals surface area contributed by atoms with Crippen LogP contribution in [0.2, 0.25) is 0 Å². The lowest BCUT2D eigenvalue weighted by molar-refractivity contribution is 0.346. The second kappa shape index (κ2) is 5.60. The van der Waals surface area contributed by atoms with E-state index in [0.717, 1.165) is 13.1 Å². The number of hydrogen-bond acceptors (Lipinski definition) is 5. The molecule has 1 aliphatic rings. The molecule has 0 aromatic carbocycles. The van der Waals surface area contributed by atoms with Gasteiger partial charge in [-0.3, -0.25) is 0 Å². The molecule has 0 radical (unpaired) electrons. The van der Waals surface area contributed by atoms with Gasteiger partial charge in [0.05, 0.1) is 6.20 Å². The maximum Gasteiger partial charge on any atom is 0.147 e. The Balaban J connectivity index is 2.02. The van der Waals surface area contributed by atoms with E-state index in [1.165, 1.54) is 19.2 Å². The largest absolute Gasteiger partial charge is 0.366 e. The Bertz CT molecular complexity index is 406. The quantitative estimate of drug-likeness (QED) is 0.816. The summed E-state index contributed by atoms with van der Waals surface area (Å²) in [6.07, 6.45) is 5.44. The third kappa shape index (κ3) is 2.92. The number of anilines is 1. The highest BCUT2D eigenvalue weighted by molar-refractivity contribution is 5.50. The summed E-state index contributed by atoms with van der Waals surface area (Å²) in [6.45, 7) is 4.28. The van der Waals surface area contributed by atoms with E-state index in [9.17, 15) is 0 Å². The molecule has 1 aromatic rings. The molecule has 90 valence electrons. The Kier molecular flexibility index (Phi) is 3.89. The Hall–Kier alpha value is -1.67. The van der Waals surface area contributed by atoms with Crippen molar-refractivity contribution in [1.82, 2.24) is 15.3 Å². The summed E-state index contributed by atoms with van der Waals surface area (Å²) in [5, 5.41) is 15.7. The van der Waals surface area contributed by atoms with Crippen molar-refractivity contribution in [3.8, 4) is 6.07 Å². The molecule has 0 bridgehead atoms. The van der Waals surface area contributed by atoms with Crippen LogP contribution in [0, 0.1) is 17.2 Å². The minimum Gasteiger partial charge on any atom is -0.366 e. The first-order chi connectivity index (χ1) is 8.31. The molecule has 1 fully saturated rings. The van der Waals surface area contributed by atoms with E-state index in [1.54, 1.807) is 6.20 Å². The molecule has 1 saturated heterocycles. The molecule has 0 spiro atoms. The monoisotopic (exact) mass is 231 g/mol. The van der Waals surface area contributed by atoms with Crippen molar-refractivity contribution in [2.75, 3.05) is 18.4 Å². The van der Waals surface area contributed by atoms with E-state index in [2.05, 4.69) is 33.6 Å². The summed E-state index contributed by atoms with van der Waals surface area (Å²) < 4.78 is 0. The van der Waals surface area contributed by atoms with E-state index in [-0.39, 0.29) is 0 Å². The van der Waals surface area contributed by atoms with Crippen LogP contribution in [0.4, 0.5) is 5.82 Å². The molecule has 2 rings (SSSR count). The molecular formula is C12H17N5. The molecule has 5 heteroatoms. The fraction of sp³-hybridized carbons (Fsp3) is 0.583. The molecule has 17 heavy (non-hydrogen) atoms. The summed E-state index contributed by atoms with van der Waals surface area (Å²) in [7, 11) is 0. The third-order valence-corrected chi connectivity index (χ3v) is 3.24. The fourth-order valence-electron chi connectivity index (χ4n) is 2.17. The lowest BCUT2D eigenvalue weighted by Gasteiger charge is -2.29. The Morgan fingerprint density at radius 2 is 2.53 bits per heavy atom. The minimum absolute atomic E-state index is 0.310. The molecule has 2 unspecified atom stereocenters. The fourth-order valence-corrected chi connectivity index (χ4v) is 2.17. The van der Waals surface area contributed by atoms with Crippen molar-refractivity contribution in [2.24, 2.45) is 5.92 Å². The van der Waals surface area contributed by atoms with Gasteiger partial charge in [0, 0.05) is 6.04 Å². The molecule has 1 aromatic heterocycles. The van der Waals surface area contributed by atoms with Gasteiger partial charge in [0.25, 0.3) is 0 Å². The first-order valence-electron chi connectivity index (χ1n) is 5.98. The zero-order valence-electron chi connectivity index (χ0n) is 9.98. The number of piperidine rings is 1. The van der Waals surface area contributed by atoms with Crippen molar-refractivity contribution >= 4 is 5.82 Å². The molecular weight excluding hydrogens is 214 g/mol. The molecule has 2 N–H and O–H groups in total. The molecule has 2 heterocycles. The van der Waals surface area contributed by atoms with Crippen LogP contribution >= 0.6 is 0 Å². The first kappa shape index (κ1) is 11.8. The number of hydrogen-bond donors (Lipinski definition) is 2. The molecule has 5 nitrogen and oxygen atoms in total. The van der Waals surface area contributed by atoms with Crippen LogP contribution in [-0.4, -0.2) is 29.1 Å². The predicted molar refractivity (Wildman–Crippen MR) is 65.4 cm³/mol. The second-order valence-electron chi connectivity index (χ2n) is 4.44. The zero-order valence-corrected chi connectivity index (χ0v) is 9.98. The molecule has 0 aliphatic carbocycles. The summed E-state index contributed by atoms with van der Waals surface area (Å²) in [5.74, 6) is 1.23. The topological polar surface area (TPSA) is 73.6 Å². The van der Waals surface area contributed by atoms with Gasteiger partial charge in [-0.2, -0.15) is 5.26 Å². The van der Waals surface area contributed by atoms with Crippen LogP contribution in [0.1, 0.15) is 25.3 Å². The maximum atomic E-state index is 8.96. The highest BCUT2D eigenvalue weighted by Gasteiger charge is 2.20. The third-order valence-electron chi connectivity index (χ3n) is 3.24. The average Bonchev–Trinajstić information content (AvgIpc) is 2.40. The van der Waals surface area contributed by atoms with Gasteiger partial charge in [0.2, 0.25) is 0 Å². The zero-order chi connectivity index (χ0) is 12.1. The van der Waals surface area contributed by atoms with Gasteiger partial charge in [-0.25, -0.2) is 9.97 Å². The Morgan fingerprint density at radius 1 is 1.65 bits per heavy atom. The molecule has 0 amide bonds. The van der Waals surface area contributed by atoms with Crippen LogP contribution < -0.4 is 10.6 Å². The normalized spacial score (nSPS) is 21.5. The van der Waals surface area contributed by atoms with Gasteiger partial charge >= 0.3 is 0 Å². The van der Waals surface area contributed by atoms with Crippen LogP contribution in [-0.2, 0) is 0 Å². The SMILES string of the molecule is CC(Nc1ncncc1C#N)C1CCCNC1. The standard InChI is InChI=1S/C12H17N5/c1-9(10-3-2-4-14-6-10)17-12-11(5-13)7-15-8-16-12/h7-10,14H,2-4,6H2,1H3,(H,15,16,17). The number of nitrogens with one attached hydrogen (secondary N) is 2. The average molecular weight is 231 g/mol. The van der Waals surface area contributed by atoms with Crippen LogP contribution in [0.5, 0.6) is 0 Å². The van der Waals surface area contributed by atoms with Crippen molar-refractivity contribution in [3.63, 3.8) is 0 Å². The van der Waals surface area contributed by atoms with Crippen LogP contribution in [0.15, 0.2) is 12.5 Å². The Morgan fingerprint density at radius 3 is 3.24 bits per heavy atom. The number of nitrogens with zero attached hydrogens (tertiary/aromatic N) is 3. The van der Waals surface area contributed by atoms with Gasteiger partial charge in [0.15, 0.2) is 0 Å². The summed E-state index contributed by atoms with van der Waals surface area (Å²) in [5.41, 5.74) is 0.503. The Labute approximate surface area is 101 Å². The van der Waals surface area contributed by atoms with Gasteiger partial charge in [-0.15, -0.1) is 0 Å². The van der Waals surface area contributed by atoms with Crippen molar-refractivity contribution in [1.29, 1.82) is 5.26 Å². The molecule has 0 saturated carbocycles. The van der Waals surface area contributed by atoms with E-state index >= 15 is 0 Å². The number of rotatable bonds is 3. The predicted octanol–water partition coefficient (Wildman–Crippen LogP) is 1.15. The van der Waals surface area contributed by atoms with Crippen molar-refractivity contribution in [3.05, 3.63) is 18.1 Å². The first-order valence-corrected chi connectivity index (χ1v) is 5.98. The van der Waals surface area contributed by atoms with Gasteiger partial charge in [-0.05, 0) is 38.8 Å². The smallest absolute Gasteiger partial charge is 0.147 e. The highest BCUT2D eigenvalue weighted by Crippen LogP contribution is 2.18. The highest BCUT2D eigenvalue weighted by atomic mass is 15.0. The van der Waals surface area contributed by atoms with Gasteiger partial charge in [-0.1, -0.05) is 0 Å². The lowest BCUT2D eigenvalue weighted by atomic mass is 9.93.